The van der Waals surface area contributed by atoms with Crippen molar-refractivity contribution in [3.63, 3.8) is 0 Å². The first-order valence-electron chi connectivity index (χ1n) is 13.7. The number of rotatable bonds is 6. The first-order chi connectivity index (χ1) is 14.6. The SMILES string of the molecule is C=C1C2CCC3=C4CC[C@H]([C@H](C)CC[C@H](CC)C(C)C)[C@@]4(C)CC[C@@H]3[C@@]2(C)CC[C@@H]1O. The van der Waals surface area contributed by atoms with Crippen LogP contribution in [0.2, 0.25) is 0 Å². The van der Waals surface area contributed by atoms with Crippen LogP contribution in [0.4, 0.5) is 0 Å². The predicted octanol–water partition coefficient (Wildman–Crippen LogP) is 8.34. The minimum Gasteiger partial charge on any atom is -0.389 e. The lowest BCUT2D eigenvalue weighted by Crippen LogP contribution is -2.49. The van der Waals surface area contributed by atoms with Crippen molar-refractivity contribution in [2.24, 2.45) is 46.3 Å². The third-order valence-electron chi connectivity index (χ3n) is 11.2. The molecule has 0 aromatic rings. The van der Waals surface area contributed by atoms with Gasteiger partial charge in [0.2, 0.25) is 0 Å². The molecule has 176 valence electrons. The lowest BCUT2D eigenvalue weighted by Gasteiger charge is -2.57. The van der Waals surface area contributed by atoms with E-state index in [1.807, 2.05) is 11.1 Å². The normalized spacial score (nSPS) is 42.3. The molecule has 1 unspecified atom stereocenters. The van der Waals surface area contributed by atoms with E-state index in [2.05, 4.69) is 48.1 Å². The van der Waals surface area contributed by atoms with E-state index in [0.29, 0.717) is 16.7 Å². The number of fused-ring (bicyclic) bond motifs is 4. The molecule has 4 aliphatic carbocycles. The monoisotopic (exact) mass is 426 g/mol. The maximum Gasteiger partial charge on any atom is 0.0750 e. The van der Waals surface area contributed by atoms with Gasteiger partial charge in [-0.2, -0.15) is 0 Å². The van der Waals surface area contributed by atoms with E-state index in [4.69, 9.17) is 0 Å². The van der Waals surface area contributed by atoms with Crippen LogP contribution < -0.4 is 0 Å². The highest BCUT2D eigenvalue weighted by atomic mass is 16.3. The summed E-state index contributed by atoms with van der Waals surface area (Å²) in [6.45, 7) is 19.3. The number of hydrogen-bond donors (Lipinski definition) is 1. The molecule has 4 aliphatic rings. The van der Waals surface area contributed by atoms with Gasteiger partial charge in [0.1, 0.15) is 0 Å². The van der Waals surface area contributed by atoms with E-state index in [-0.39, 0.29) is 6.10 Å². The van der Waals surface area contributed by atoms with E-state index in [9.17, 15) is 5.11 Å². The van der Waals surface area contributed by atoms with Crippen molar-refractivity contribution in [3.8, 4) is 0 Å². The predicted molar refractivity (Wildman–Crippen MR) is 133 cm³/mol. The third-order valence-corrected chi connectivity index (χ3v) is 11.2. The second-order valence-electron chi connectivity index (χ2n) is 12.9. The van der Waals surface area contributed by atoms with Crippen molar-refractivity contribution < 1.29 is 5.11 Å². The van der Waals surface area contributed by atoms with Gasteiger partial charge in [-0.25, -0.2) is 0 Å². The van der Waals surface area contributed by atoms with Crippen LogP contribution in [-0.4, -0.2) is 11.2 Å². The molecule has 0 amide bonds. The molecule has 0 spiro atoms. The number of aliphatic hydroxyl groups excluding tert-OH is 1. The molecular weight excluding hydrogens is 376 g/mol. The Morgan fingerprint density at radius 1 is 0.968 bits per heavy atom. The summed E-state index contributed by atoms with van der Waals surface area (Å²) < 4.78 is 0. The maximum absolute atomic E-state index is 10.4. The van der Waals surface area contributed by atoms with Gasteiger partial charge < -0.3 is 5.11 Å². The Morgan fingerprint density at radius 2 is 1.71 bits per heavy atom. The van der Waals surface area contributed by atoms with E-state index in [1.165, 1.54) is 64.2 Å². The average molecular weight is 427 g/mol. The molecule has 1 heteroatoms. The molecule has 0 saturated heterocycles. The van der Waals surface area contributed by atoms with Crippen LogP contribution in [0.15, 0.2) is 23.3 Å². The summed E-state index contributed by atoms with van der Waals surface area (Å²) in [4.78, 5) is 0. The molecule has 0 heterocycles. The second kappa shape index (κ2) is 8.66. The summed E-state index contributed by atoms with van der Waals surface area (Å²) in [6.07, 6.45) is 14.1. The molecule has 1 N–H and O–H groups in total. The van der Waals surface area contributed by atoms with Gasteiger partial charge in [-0.3, -0.25) is 0 Å². The standard InChI is InChI=1S/C30H50O/c1-8-22(19(2)3)10-9-20(4)24-13-14-26-23-11-12-25-21(5)28(31)16-18-30(25,7)27(23)15-17-29(24,26)6/h19-20,22,24-25,27-28,31H,5,8-18H2,1-4,6-7H3/t20-,22+,24-,25?,27+,28+,29-,30+/m1/s1. The van der Waals surface area contributed by atoms with Crippen LogP contribution in [0.5, 0.6) is 0 Å². The highest BCUT2D eigenvalue weighted by molar-refractivity contribution is 5.36. The highest BCUT2D eigenvalue weighted by Gasteiger charge is 2.56. The largest absolute Gasteiger partial charge is 0.389 e. The topological polar surface area (TPSA) is 20.2 Å². The summed E-state index contributed by atoms with van der Waals surface area (Å²) in [5.74, 6) is 4.74. The van der Waals surface area contributed by atoms with Gasteiger partial charge >= 0.3 is 0 Å². The van der Waals surface area contributed by atoms with Crippen LogP contribution in [0.3, 0.4) is 0 Å². The summed E-state index contributed by atoms with van der Waals surface area (Å²) >= 11 is 0. The van der Waals surface area contributed by atoms with Gasteiger partial charge in [0.05, 0.1) is 6.10 Å². The molecule has 0 radical (unpaired) electrons. The van der Waals surface area contributed by atoms with Crippen molar-refractivity contribution >= 4 is 0 Å². The number of aliphatic hydroxyl groups is 1. The molecule has 8 atom stereocenters. The lowest BCUT2D eigenvalue weighted by molar-refractivity contribution is 0.00280. The zero-order valence-electron chi connectivity index (χ0n) is 21.5. The smallest absolute Gasteiger partial charge is 0.0750 e. The van der Waals surface area contributed by atoms with Crippen molar-refractivity contribution in [3.05, 3.63) is 23.3 Å². The molecule has 4 rings (SSSR count). The summed E-state index contributed by atoms with van der Waals surface area (Å²) in [6, 6.07) is 0. The van der Waals surface area contributed by atoms with Crippen LogP contribution >= 0.6 is 0 Å². The molecule has 3 saturated carbocycles. The van der Waals surface area contributed by atoms with Crippen molar-refractivity contribution in [1.29, 1.82) is 0 Å². The highest BCUT2D eigenvalue weighted by Crippen LogP contribution is 2.66. The van der Waals surface area contributed by atoms with Gasteiger partial charge in [-0.15, -0.1) is 0 Å². The first kappa shape index (κ1) is 23.6. The average Bonchev–Trinajstić information content (AvgIpc) is 3.08. The Morgan fingerprint density at radius 3 is 2.39 bits per heavy atom. The van der Waals surface area contributed by atoms with Gasteiger partial charge in [0.15, 0.2) is 0 Å². The summed E-state index contributed by atoms with van der Waals surface area (Å²) in [5.41, 5.74) is 5.72. The zero-order valence-corrected chi connectivity index (χ0v) is 21.5. The molecule has 0 bridgehead atoms. The summed E-state index contributed by atoms with van der Waals surface area (Å²) in [7, 11) is 0. The Bertz CT molecular complexity index is 716. The molecule has 1 nitrogen and oxygen atoms in total. The van der Waals surface area contributed by atoms with Gasteiger partial charge in [0, 0.05) is 0 Å². The maximum atomic E-state index is 10.4. The molecule has 0 aromatic carbocycles. The quantitative estimate of drug-likeness (QED) is 0.423. The van der Waals surface area contributed by atoms with Gasteiger partial charge in [0.25, 0.3) is 0 Å². The first-order valence-corrected chi connectivity index (χ1v) is 13.7. The minimum absolute atomic E-state index is 0.254. The fraction of sp³-hybridized carbons (Fsp3) is 0.867. The van der Waals surface area contributed by atoms with E-state index >= 15 is 0 Å². The lowest BCUT2D eigenvalue weighted by atomic mass is 9.48. The van der Waals surface area contributed by atoms with Gasteiger partial charge in [-0.1, -0.05) is 72.1 Å². The van der Waals surface area contributed by atoms with E-state index < -0.39 is 0 Å². The van der Waals surface area contributed by atoms with Crippen LogP contribution in [0, 0.1) is 46.3 Å². The molecule has 0 aliphatic heterocycles. The molecule has 3 fully saturated rings. The van der Waals surface area contributed by atoms with Crippen molar-refractivity contribution in [1.82, 2.24) is 0 Å². The molecule has 31 heavy (non-hydrogen) atoms. The number of hydrogen-bond acceptors (Lipinski definition) is 1. The number of allylic oxidation sites excluding steroid dienone is 2. The van der Waals surface area contributed by atoms with Crippen molar-refractivity contribution in [2.45, 2.75) is 118 Å². The van der Waals surface area contributed by atoms with Crippen LogP contribution in [0.25, 0.3) is 0 Å². The fourth-order valence-electron chi connectivity index (χ4n) is 9.17. The summed E-state index contributed by atoms with van der Waals surface area (Å²) in [5, 5.41) is 10.4. The van der Waals surface area contributed by atoms with Crippen LogP contribution in [0.1, 0.15) is 112 Å². The Kier molecular flexibility index (Phi) is 6.59. The Hall–Kier alpha value is -0.560. The zero-order chi connectivity index (χ0) is 22.6. The molecular formula is C30H50O. The Labute approximate surface area is 193 Å². The van der Waals surface area contributed by atoms with E-state index in [0.717, 1.165) is 41.6 Å². The Balaban J connectivity index is 1.54. The van der Waals surface area contributed by atoms with E-state index in [1.54, 1.807) is 0 Å². The second-order valence-corrected chi connectivity index (χ2v) is 12.9. The van der Waals surface area contributed by atoms with Gasteiger partial charge in [-0.05, 0) is 110 Å². The minimum atomic E-state index is -0.254. The third kappa shape index (κ3) is 3.79. The molecule has 0 aromatic heterocycles. The van der Waals surface area contributed by atoms with Crippen LogP contribution in [-0.2, 0) is 0 Å². The van der Waals surface area contributed by atoms with Crippen molar-refractivity contribution in [2.75, 3.05) is 0 Å². The fourth-order valence-corrected chi connectivity index (χ4v) is 9.17.